The number of amides is 1. The first-order valence-electron chi connectivity index (χ1n) is 6.21. The van der Waals surface area contributed by atoms with Crippen LogP contribution >= 0.6 is 0 Å². The number of benzene rings is 1. The fraction of sp³-hybridized carbons (Fsp3) is 0.200. The molecular weight excluding hydrogens is 240 g/mol. The Morgan fingerprint density at radius 3 is 2.42 bits per heavy atom. The summed E-state index contributed by atoms with van der Waals surface area (Å²) in [6, 6.07) is 10.9. The molecule has 2 aromatic rings. The van der Waals surface area contributed by atoms with E-state index < -0.39 is 0 Å². The Labute approximate surface area is 111 Å². The van der Waals surface area contributed by atoms with Crippen molar-refractivity contribution in [3.05, 3.63) is 53.3 Å². The SMILES string of the molecule is CCc1ccccc1NC(=O)c1ccc(C(C)=O)[nH]1. The molecule has 4 nitrogen and oxygen atoms in total. The molecule has 2 N–H and O–H groups in total. The minimum atomic E-state index is -0.242. The van der Waals surface area contributed by atoms with Crippen LogP contribution in [-0.2, 0) is 6.42 Å². The van der Waals surface area contributed by atoms with E-state index in [4.69, 9.17) is 0 Å². The van der Waals surface area contributed by atoms with Crippen molar-refractivity contribution in [2.75, 3.05) is 5.32 Å². The quantitative estimate of drug-likeness (QED) is 0.826. The first-order chi connectivity index (χ1) is 9.11. The molecule has 0 atom stereocenters. The number of aromatic amines is 1. The van der Waals surface area contributed by atoms with Crippen LogP contribution in [-0.4, -0.2) is 16.7 Å². The molecule has 0 aliphatic rings. The Morgan fingerprint density at radius 1 is 1.11 bits per heavy atom. The van der Waals surface area contributed by atoms with Crippen molar-refractivity contribution < 1.29 is 9.59 Å². The van der Waals surface area contributed by atoms with E-state index in [0.29, 0.717) is 11.4 Å². The van der Waals surface area contributed by atoms with Crippen LogP contribution in [0, 0.1) is 0 Å². The summed E-state index contributed by atoms with van der Waals surface area (Å²) in [5.41, 5.74) is 2.70. The first-order valence-corrected chi connectivity index (χ1v) is 6.21. The highest BCUT2D eigenvalue weighted by Crippen LogP contribution is 2.16. The molecular formula is C15H16N2O2. The lowest BCUT2D eigenvalue weighted by atomic mass is 10.1. The van der Waals surface area contributed by atoms with Crippen LogP contribution in [0.15, 0.2) is 36.4 Å². The molecule has 4 heteroatoms. The Kier molecular flexibility index (Phi) is 3.80. The lowest BCUT2D eigenvalue weighted by Gasteiger charge is -2.08. The highest BCUT2D eigenvalue weighted by atomic mass is 16.2. The van der Waals surface area contributed by atoms with Gasteiger partial charge in [0.1, 0.15) is 5.69 Å². The van der Waals surface area contributed by atoms with Crippen LogP contribution in [0.4, 0.5) is 5.69 Å². The topological polar surface area (TPSA) is 62.0 Å². The minimum absolute atomic E-state index is 0.0898. The Morgan fingerprint density at radius 2 is 1.79 bits per heavy atom. The maximum atomic E-state index is 12.1. The van der Waals surface area contributed by atoms with Crippen LogP contribution in [0.3, 0.4) is 0 Å². The molecule has 1 aromatic heterocycles. The van der Waals surface area contributed by atoms with Crippen molar-refractivity contribution in [2.24, 2.45) is 0 Å². The van der Waals surface area contributed by atoms with Gasteiger partial charge in [0.15, 0.2) is 5.78 Å². The van der Waals surface area contributed by atoms with Gasteiger partial charge in [0.25, 0.3) is 5.91 Å². The van der Waals surface area contributed by atoms with E-state index in [0.717, 1.165) is 17.7 Å². The van der Waals surface area contributed by atoms with Gasteiger partial charge >= 0.3 is 0 Å². The van der Waals surface area contributed by atoms with E-state index in [9.17, 15) is 9.59 Å². The maximum Gasteiger partial charge on any atom is 0.272 e. The van der Waals surface area contributed by atoms with Gasteiger partial charge in [0.05, 0.1) is 5.69 Å². The van der Waals surface area contributed by atoms with Gasteiger partial charge in [0, 0.05) is 12.6 Å². The van der Waals surface area contributed by atoms with Gasteiger partial charge in [0.2, 0.25) is 0 Å². The molecule has 0 spiro atoms. The second-order valence-electron chi connectivity index (χ2n) is 4.31. The van der Waals surface area contributed by atoms with Crippen LogP contribution in [0.2, 0.25) is 0 Å². The molecule has 1 aromatic carbocycles. The summed E-state index contributed by atoms with van der Waals surface area (Å²) in [6.07, 6.45) is 0.847. The molecule has 2 rings (SSSR count). The molecule has 0 fully saturated rings. The molecule has 0 aliphatic carbocycles. The van der Waals surface area contributed by atoms with Gasteiger partial charge in [-0.2, -0.15) is 0 Å². The van der Waals surface area contributed by atoms with Crippen LogP contribution in [0.25, 0.3) is 0 Å². The normalized spacial score (nSPS) is 10.2. The summed E-state index contributed by atoms with van der Waals surface area (Å²) in [6.45, 7) is 3.49. The second kappa shape index (κ2) is 5.52. The summed E-state index contributed by atoms with van der Waals surface area (Å²) >= 11 is 0. The van der Waals surface area contributed by atoms with Crippen molar-refractivity contribution in [1.29, 1.82) is 0 Å². The molecule has 98 valence electrons. The number of rotatable bonds is 4. The molecule has 0 radical (unpaired) electrons. The van der Waals surface area contributed by atoms with Crippen molar-refractivity contribution in [1.82, 2.24) is 4.98 Å². The van der Waals surface area contributed by atoms with Gasteiger partial charge in [-0.1, -0.05) is 25.1 Å². The number of hydrogen-bond acceptors (Lipinski definition) is 2. The lowest BCUT2D eigenvalue weighted by molar-refractivity contribution is 0.101. The molecule has 19 heavy (non-hydrogen) atoms. The third-order valence-corrected chi connectivity index (χ3v) is 2.96. The number of Topliss-reactive ketones (excluding diaryl/α,β-unsaturated/α-hetero) is 1. The average molecular weight is 256 g/mol. The zero-order valence-corrected chi connectivity index (χ0v) is 11.0. The van der Waals surface area contributed by atoms with Crippen molar-refractivity contribution in [3.8, 4) is 0 Å². The monoisotopic (exact) mass is 256 g/mol. The first kappa shape index (κ1) is 13.1. The lowest BCUT2D eigenvalue weighted by Crippen LogP contribution is -2.13. The van der Waals surface area contributed by atoms with E-state index in [1.54, 1.807) is 12.1 Å². The maximum absolute atomic E-state index is 12.1. The molecule has 1 heterocycles. The number of aromatic nitrogens is 1. The molecule has 0 aliphatic heterocycles. The van der Waals surface area contributed by atoms with E-state index in [1.807, 2.05) is 31.2 Å². The highest BCUT2D eigenvalue weighted by Gasteiger charge is 2.11. The Bertz CT molecular complexity index is 614. The molecule has 0 saturated heterocycles. The standard InChI is InChI=1S/C15H16N2O2/c1-3-11-6-4-5-7-13(11)17-15(19)14-9-8-12(16-14)10(2)18/h4-9,16H,3H2,1-2H3,(H,17,19). The number of anilines is 1. The summed E-state index contributed by atoms with van der Waals surface area (Å²) in [4.78, 5) is 26.1. The smallest absolute Gasteiger partial charge is 0.272 e. The van der Waals surface area contributed by atoms with Crippen LogP contribution in [0.1, 0.15) is 40.4 Å². The van der Waals surface area contributed by atoms with Crippen LogP contribution < -0.4 is 5.32 Å². The number of aryl methyl sites for hydroxylation is 1. The van der Waals surface area contributed by atoms with Gasteiger partial charge in [-0.25, -0.2) is 0 Å². The molecule has 0 saturated carbocycles. The van der Waals surface area contributed by atoms with Crippen LogP contribution in [0.5, 0.6) is 0 Å². The summed E-state index contributed by atoms with van der Waals surface area (Å²) in [7, 11) is 0. The van der Waals surface area contributed by atoms with Crippen molar-refractivity contribution in [2.45, 2.75) is 20.3 Å². The second-order valence-corrected chi connectivity index (χ2v) is 4.31. The predicted molar refractivity (Wildman–Crippen MR) is 74.6 cm³/mol. The Balaban J connectivity index is 2.18. The highest BCUT2D eigenvalue weighted by molar-refractivity contribution is 6.04. The van der Waals surface area contributed by atoms with Gasteiger partial charge in [-0.3, -0.25) is 9.59 Å². The van der Waals surface area contributed by atoms with Crippen molar-refractivity contribution in [3.63, 3.8) is 0 Å². The van der Waals surface area contributed by atoms with Gasteiger partial charge in [-0.15, -0.1) is 0 Å². The summed E-state index contributed by atoms with van der Waals surface area (Å²) in [5.74, 6) is -0.332. The number of carbonyl (C=O) groups excluding carboxylic acids is 2. The number of para-hydroxylation sites is 1. The summed E-state index contributed by atoms with van der Waals surface area (Å²) < 4.78 is 0. The number of H-pyrrole nitrogens is 1. The molecule has 0 bridgehead atoms. The number of hydrogen-bond donors (Lipinski definition) is 2. The zero-order chi connectivity index (χ0) is 13.8. The predicted octanol–water partition coefficient (Wildman–Crippen LogP) is 3.03. The number of carbonyl (C=O) groups is 2. The summed E-state index contributed by atoms with van der Waals surface area (Å²) in [5, 5.41) is 2.85. The minimum Gasteiger partial charge on any atom is -0.348 e. The zero-order valence-electron chi connectivity index (χ0n) is 11.0. The number of ketones is 1. The van der Waals surface area contributed by atoms with E-state index in [-0.39, 0.29) is 11.7 Å². The van der Waals surface area contributed by atoms with E-state index in [1.165, 1.54) is 6.92 Å². The third-order valence-electron chi connectivity index (χ3n) is 2.96. The molecule has 0 unspecified atom stereocenters. The van der Waals surface area contributed by atoms with Gasteiger partial charge in [-0.05, 0) is 30.2 Å². The van der Waals surface area contributed by atoms with E-state index >= 15 is 0 Å². The van der Waals surface area contributed by atoms with Gasteiger partial charge < -0.3 is 10.3 Å². The number of nitrogens with one attached hydrogen (secondary N) is 2. The van der Waals surface area contributed by atoms with Crippen molar-refractivity contribution >= 4 is 17.4 Å². The Hall–Kier alpha value is -2.36. The average Bonchev–Trinajstić information content (AvgIpc) is 2.89. The van der Waals surface area contributed by atoms with E-state index in [2.05, 4.69) is 10.3 Å². The fourth-order valence-electron chi connectivity index (χ4n) is 1.87. The third kappa shape index (κ3) is 2.91. The fourth-order valence-corrected chi connectivity index (χ4v) is 1.87. The largest absolute Gasteiger partial charge is 0.348 e. The molecule has 1 amide bonds.